The van der Waals surface area contributed by atoms with Crippen molar-refractivity contribution in [1.82, 2.24) is 20.4 Å². The van der Waals surface area contributed by atoms with Crippen molar-refractivity contribution in [3.8, 4) is 11.8 Å². The summed E-state index contributed by atoms with van der Waals surface area (Å²) >= 11 is 0. The van der Waals surface area contributed by atoms with Gasteiger partial charge in [0.1, 0.15) is 23.2 Å². The molecule has 9 heteroatoms. The van der Waals surface area contributed by atoms with Gasteiger partial charge in [0.05, 0.1) is 17.6 Å². The lowest BCUT2D eigenvalue weighted by molar-refractivity contribution is 0.506. The number of aryl methyl sites for hydroxylation is 1. The number of benzene rings is 1. The molecule has 2 aromatic heterocycles. The first-order chi connectivity index (χ1) is 14.2. The van der Waals surface area contributed by atoms with E-state index >= 15 is 0 Å². The lowest BCUT2D eigenvalue weighted by Crippen LogP contribution is -2.38. The van der Waals surface area contributed by atoms with Gasteiger partial charge in [-0.1, -0.05) is 18.2 Å². The third-order valence-corrected chi connectivity index (χ3v) is 4.46. The number of anilines is 1. The van der Waals surface area contributed by atoms with Crippen LogP contribution in [0, 0.1) is 11.3 Å². The molecule has 0 saturated heterocycles. The fraction of sp³-hybridized carbons (Fsp3) is 0.286. The van der Waals surface area contributed by atoms with Crippen LogP contribution >= 0.6 is 24.0 Å². The van der Waals surface area contributed by atoms with Crippen LogP contribution in [0.2, 0.25) is 0 Å². The van der Waals surface area contributed by atoms with Gasteiger partial charge in [-0.15, -0.1) is 24.0 Å². The van der Waals surface area contributed by atoms with Gasteiger partial charge < -0.3 is 20.8 Å². The number of halogens is 1. The van der Waals surface area contributed by atoms with Crippen molar-refractivity contribution in [3.05, 3.63) is 65.7 Å². The number of aliphatic imine (C=N–C) groups is 1. The van der Waals surface area contributed by atoms with E-state index in [9.17, 15) is 5.26 Å². The van der Waals surface area contributed by atoms with Crippen LogP contribution in [0.3, 0.4) is 0 Å². The maximum Gasteiger partial charge on any atom is 0.190 e. The van der Waals surface area contributed by atoms with E-state index in [1.807, 2.05) is 42.5 Å². The van der Waals surface area contributed by atoms with Gasteiger partial charge in [0.2, 0.25) is 0 Å². The summed E-state index contributed by atoms with van der Waals surface area (Å²) in [5.74, 6) is 2.03. The molecule has 1 aromatic carbocycles. The monoisotopic (exact) mass is 519 g/mol. The maximum absolute atomic E-state index is 9.48. The number of nitrogens with zero attached hydrogens (tertiary/aromatic N) is 4. The van der Waals surface area contributed by atoms with Crippen LogP contribution in [0.1, 0.15) is 23.4 Å². The first-order valence-electron chi connectivity index (χ1n) is 9.52. The molecule has 8 nitrogen and oxygen atoms in total. The van der Waals surface area contributed by atoms with Crippen molar-refractivity contribution in [1.29, 1.82) is 5.26 Å². The lowest BCUT2D eigenvalue weighted by atomic mass is 10.1. The Labute approximate surface area is 193 Å². The summed E-state index contributed by atoms with van der Waals surface area (Å²) in [5, 5.41) is 20.6. The summed E-state index contributed by atoms with van der Waals surface area (Å²) in [7, 11) is 1.73. The quantitative estimate of drug-likeness (QED) is 0.182. The Morgan fingerprint density at radius 1 is 1.17 bits per heavy atom. The first kappa shape index (κ1) is 23.3. The van der Waals surface area contributed by atoms with Crippen molar-refractivity contribution in [2.24, 2.45) is 4.99 Å². The predicted octanol–water partition coefficient (Wildman–Crippen LogP) is 2.88. The van der Waals surface area contributed by atoms with Gasteiger partial charge >= 0.3 is 0 Å². The third-order valence-electron chi connectivity index (χ3n) is 4.46. The van der Waals surface area contributed by atoms with Crippen molar-refractivity contribution < 1.29 is 4.42 Å². The van der Waals surface area contributed by atoms with Crippen LogP contribution < -0.4 is 16.4 Å². The number of para-hydroxylation sites is 1. The fourth-order valence-corrected chi connectivity index (χ4v) is 2.98. The first-order valence-corrected chi connectivity index (χ1v) is 9.52. The van der Waals surface area contributed by atoms with Crippen molar-refractivity contribution in [2.75, 3.05) is 25.9 Å². The van der Waals surface area contributed by atoms with Crippen LogP contribution in [-0.2, 0) is 12.8 Å². The Hall–Kier alpha value is -3.00. The smallest absolute Gasteiger partial charge is 0.190 e. The Morgan fingerprint density at radius 3 is 2.60 bits per heavy atom. The summed E-state index contributed by atoms with van der Waals surface area (Å²) < 4.78 is 6.94. The molecule has 0 bridgehead atoms. The van der Waals surface area contributed by atoms with Crippen molar-refractivity contribution in [3.63, 3.8) is 0 Å². The van der Waals surface area contributed by atoms with Crippen LogP contribution in [0.15, 0.2) is 58.1 Å². The van der Waals surface area contributed by atoms with E-state index in [4.69, 9.17) is 10.2 Å². The fourth-order valence-electron chi connectivity index (χ4n) is 2.98. The third kappa shape index (κ3) is 6.00. The number of aromatic nitrogens is 2. The van der Waals surface area contributed by atoms with E-state index in [2.05, 4.69) is 26.8 Å². The van der Waals surface area contributed by atoms with Gasteiger partial charge in [0.15, 0.2) is 5.96 Å². The van der Waals surface area contributed by atoms with Gasteiger partial charge in [-0.2, -0.15) is 10.4 Å². The number of nitrogens with one attached hydrogen (secondary N) is 2. The molecule has 0 saturated carbocycles. The molecule has 0 atom stereocenters. The molecule has 3 rings (SSSR count). The summed E-state index contributed by atoms with van der Waals surface area (Å²) in [4.78, 5) is 4.21. The largest absolute Gasteiger partial charge is 0.469 e. The minimum Gasteiger partial charge on any atom is -0.469 e. The number of guanidine groups is 1. The SMILES string of the molecule is CN=C(NCCCc1nn(-c2ccccc2)c(N)c1C#N)NCCc1ccco1.I. The standard InChI is InChI=1S/C21H25N7O.HI/c1-24-21(26-13-11-17-9-6-14-29-17)25-12-5-10-19-18(15-22)20(23)28(27-19)16-7-3-2-4-8-16;/h2-4,6-9,14H,5,10-13,23H2,1H3,(H2,24,25,26);1H. The zero-order valence-electron chi connectivity index (χ0n) is 16.8. The molecule has 0 fully saturated rings. The Balaban J connectivity index is 0.00000320. The molecule has 0 radical (unpaired) electrons. The van der Waals surface area contributed by atoms with E-state index in [-0.39, 0.29) is 24.0 Å². The highest BCUT2D eigenvalue weighted by molar-refractivity contribution is 14.0. The highest BCUT2D eigenvalue weighted by Crippen LogP contribution is 2.21. The number of hydrogen-bond acceptors (Lipinski definition) is 5. The van der Waals surface area contributed by atoms with Gasteiger partial charge in [-0.05, 0) is 37.1 Å². The second-order valence-electron chi connectivity index (χ2n) is 6.42. The van der Waals surface area contributed by atoms with Gasteiger partial charge in [-0.25, -0.2) is 4.68 Å². The van der Waals surface area contributed by atoms with Crippen LogP contribution in [0.25, 0.3) is 5.69 Å². The molecule has 4 N–H and O–H groups in total. The van der Waals surface area contributed by atoms with Gasteiger partial charge in [-0.3, -0.25) is 4.99 Å². The highest BCUT2D eigenvalue weighted by Gasteiger charge is 2.16. The average Bonchev–Trinajstić information content (AvgIpc) is 3.38. The predicted molar refractivity (Wildman–Crippen MR) is 128 cm³/mol. The zero-order valence-corrected chi connectivity index (χ0v) is 19.2. The number of nitriles is 1. The van der Waals surface area contributed by atoms with Crippen LogP contribution in [0.4, 0.5) is 5.82 Å². The normalized spacial score (nSPS) is 10.9. The molecular weight excluding hydrogens is 493 g/mol. The van der Waals surface area contributed by atoms with Gasteiger partial charge in [0.25, 0.3) is 0 Å². The zero-order chi connectivity index (χ0) is 20.5. The molecular formula is C21H26IN7O. The molecule has 30 heavy (non-hydrogen) atoms. The molecule has 0 aliphatic carbocycles. The number of hydrogen-bond donors (Lipinski definition) is 3. The minimum atomic E-state index is 0. The molecule has 3 aromatic rings. The van der Waals surface area contributed by atoms with E-state index in [0.717, 1.165) is 36.8 Å². The van der Waals surface area contributed by atoms with E-state index < -0.39 is 0 Å². The highest BCUT2D eigenvalue weighted by atomic mass is 127. The number of nitrogens with two attached hydrogens (primary N) is 1. The van der Waals surface area contributed by atoms with E-state index in [1.54, 1.807) is 18.0 Å². The topological polar surface area (TPSA) is 117 Å². The molecule has 0 spiro atoms. The summed E-state index contributed by atoms with van der Waals surface area (Å²) in [5.41, 5.74) is 8.13. The van der Waals surface area contributed by atoms with Crippen molar-refractivity contribution >= 4 is 35.8 Å². The van der Waals surface area contributed by atoms with E-state index in [1.165, 1.54) is 0 Å². The number of nitrogen functional groups attached to an aromatic ring is 1. The molecule has 2 heterocycles. The van der Waals surface area contributed by atoms with E-state index in [0.29, 0.717) is 30.0 Å². The molecule has 0 aliphatic rings. The molecule has 0 amide bonds. The van der Waals surface area contributed by atoms with Gasteiger partial charge in [0, 0.05) is 26.6 Å². The second kappa shape index (κ2) is 11.9. The van der Waals surface area contributed by atoms with Crippen LogP contribution in [0.5, 0.6) is 0 Å². The Morgan fingerprint density at radius 2 is 1.93 bits per heavy atom. The molecule has 0 unspecified atom stereocenters. The van der Waals surface area contributed by atoms with Crippen molar-refractivity contribution in [2.45, 2.75) is 19.3 Å². The molecule has 158 valence electrons. The maximum atomic E-state index is 9.48. The number of rotatable bonds is 8. The summed E-state index contributed by atoms with van der Waals surface area (Å²) in [6, 6.07) is 15.6. The average molecular weight is 519 g/mol. The molecule has 0 aliphatic heterocycles. The van der Waals surface area contributed by atoms with Crippen LogP contribution in [-0.4, -0.2) is 35.9 Å². The summed E-state index contributed by atoms with van der Waals surface area (Å²) in [6.07, 6.45) is 3.89. The lowest BCUT2D eigenvalue weighted by Gasteiger charge is -2.11. The number of furan rings is 1. The Kier molecular flexibility index (Phi) is 9.21. The summed E-state index contributed by atoms with van der Waals surface area (Å²) in [6.45, 7) is 1.42. The Bertz CT molecular complexity index is 975. The minimum absolute atomic E-state index is 0. The second-order valence-corrected chi connectivity index (χ2v) is 6.42.